The molecule has 5 nitrogen and oxygen atoms in total. The topological polar surface area (TPSA) is 59.0 Å². The molecule has 1 saturated carbocycles. The predicted octanol–water partition coefficient (Wildman–Crippen LogP) is 1.76. The summed E-state index contributed by atoms with van der Waals surface area (Å²) >= 11 is 0. The monoisotopic (exact) mass is 262 g/mol. The number of anilines is 1. The molecule has 1 aliphatic carbocycles. The molecule has 0 radical (unpaired) electrons. The summed E-state index contributed by atoms with van der Waals surface area (Å²) < 4.78 is 1.81. The number of hydrogen-bond acceptors (Lipinski definition) is 3. The van der Waals surface area contributed by atoms with E-state index < -0.39 is 0 Å². The fourth-order valence-electron chi connectivity index (χ4n) is 3.43. The van der Waals surface area contributed by atoms with E-state index in [4.69, 9.17) is 0 Å². The maximum atomic E-state index is 12.3. The van der Waals surface area contributed by atoms with Crippen LogP contribution in [0.3, 0.4) is 0 Å². The second kappa shape index (κ2) is 5.33. The number of carbonyl (C=O) groups is 1. The molecule has 3 rings (SSSR count). The van der Waals surface area contributed by atoms with E-state index in [0.717, 1.165) is 18.8 Å². The van der Waals surface area contributed by atoms with Gasteiger partial charge in [0.2, 0.25) is 5.91 Å². The smallest absolute Gasteiger partial charge is 0.242 e. The molecule has 1 aromatic heterocycles. The SMILES string of the molecule is CCn1nccc1NC(=O)C1CC2CCCCC2N1. The standard InChI is InChI=1S/C14H22N4O/c1-2-18-13(7-8-15-18)17-14(19)12-9-10-5-3-4-6-11(10)16-12/h7-8,10-12,16H,2-6,9H2,1H3,(H,17,19). The van der Waals surface area contributed by atoms with Crippen LogP contribution in [0, 0.1) is 5.92 Å². The highest BCUT2D eigenvalue weighted by molar-refractivity contribution is 5.94. The molecule has 2 aliphatic rings. The van der Waals surface area contributed by atoms with Crippen molar-refractivity contribution >= 4 is 11.7 Å². The average molecular weight is 262 g/mol. The van der Waals surface area contributed by atoms with Gasteiger partial charge in [0.05, 0.1) is 12.2 Å². The molecule has 1 aliphatic heterocycles. The molecule has 5 heteroatoms. The van der Waals surface area contributed by atoms with E-state index in [-0.39, 0.29) is 11.9 Å². The Morgan fingerprint density at radius 3 is 3.16 bits per heavy atom. The highest BCUT2D eigenvalue weighted by Gasteiger charge is 2.38. The molecular formula is C14H22N4O. The first-order valence-corrected chi connectivity index (χ1v) is 7.36. The van der Waals surface area contributed by atoms with Gasteiger partial charge < -0.3 is 10.6 Å². The fourth-order valence-corrected chi connectivity index (χ4v) is 3.43. The van der Waals surface area contributed by atoms with Crippen molar-refractivity contribution in [3.05, 3.63) is 12.3 Å². The quantitative estimate of drug-likeness (QED) is 0.872. The van der Waals surface area contributed by atoms with Crippen LogP contribution in [-0.4, -0.2) is 27.8 Å². The fraction of sp³-hybridized carbons (Fsp3) is 0.714. The number of amides is 1. The lowest BCUT2D eigenvalue weighted by Crippen LogP contribution is -2.40. The summed E-state index contributed by atoms with van der Waals surface area (Å²) in [5.41, 5.74) is 0. The van der Waals surface area contributed by atoms with E-state index in [1.807, 2.05) is 13.0 Å². The number of rotatable bonds is 3. The van der Waals surface area contributed by atoms with Crippen LogP contribution in [0.4, 0.5) is 5.82 Å². The Labute approximate surface area is 113 Å². The van der Waals surface area contributed by atoms with Crippen molar-refractivity contribution in [1.29, 1.82) is 0 Å². The number of aryl methyl sites for hydroxylation is 1. The Balaban J connectivity index is 1.62. The van der Waals surface area contributed by atoms with E-state index >= 15 is 0 Å². The Kier molecular flexibility index (Phi) is 3.55. The molecular weight excluding hydrogens is 240 g/mol. The lowest BCUT2D eigenvalue weighted by atomic mass is 9.85. The van der Waals surface area contributed by atoms with E-state index in [1.165, 1.54) is 25.7 Å². The minimum Gasteiger partial charge on any atom is -0.310 e. The van der Waals surface area contributed by atoms with Crippen LogP contribution < -0.4 is 10.6 Å². The van der Waals surface area contributed by atoms with Crippen molar-refractivity contribution in [3.8, 4) is 0 Å². The van der Waals surface area contributed by atoms with Gasteiger partial charge in [0.15, 0.2) is 0 Å². The number of hydrogen-bond donors (Lipinski definition) is 2. The zero-order valence-corrected chi connectivity index (χ0v) is 11.4. The third-order valence-electron chi connectivity index (χ3n) is 4.45. The number of nitrogens with zero attached hydrogens (tertiary/aromatic N) is 2. The molecule has 1 aromatic rings. The summed E-state index contributed by atoms with van der Waals surface area (Å²) in [5.74, 6) is 1.58. The van der Waals surface area contributed by atoms with Crippen molar-refractivity contribution in [2.24, 2.45) is 5.92 Å². The molecule has 2 N–H and O–H groups in total. The second-order valence-electron chi connectivity index (χ2n) is 5.63. The van der Waals surface area contributed by atoms with Gasteiger partial charge in [0, 0.05) is 18.7 Å². The molecule has 3 unspecified atom stereocenters. The van der Waals surface area contributed by atoms with Crippen molar-refractivity contribution in [1.82, 2.24) is 15.1 Å². The first-order valence-electron chi connectivity index (χ1n) is 7.36. The number of carbonyl (C=O) groups excluding carboxylic acids is 1. The van der Waals surface area contributed by atoms with Gasteiger partial charge in [-0.2, -0.15) is 5.10 Å². The molecule has 19 heavy (non-hydrogen) atoms. The third-order valence-corrected chi connectivity index (χ3v) is 4.45. The van der Waals surface area contributed by atoms with Gasteiger partial charge in [-0.3, -0.25) is 4.79 Å². The lowest BCUT2D eigenvalue weighted by Gasteiger charge is -2.24. The molecule has 2 fully saturated rings. The van der Waals surface area contributed by atoms with Crippen LogP contribution in [0.1, 0.15) is 39.0 Å². The van der Waals surface area contributed by atoms with Crippen LogP contribution in [-0.2, 0) is 11.3 Å². The Bertz CT molecular complexity index is 442. The molecule has 0 bridgehead atoms. The molecule has 0 aromatic carbocycles. The summed E-state index contributed by atoms with van der Waals surface area (Å²) in [7, 11) is 0. The van der Waals surface area contributed by atoms with Gasteiger partial charge in [0.25, 0.3) is 0 Å². The maximum absolute atomic E-state index is 12.3. The van der Waals surface area contributed by atoms with Crippen molar-refractivity contribution < 1.29 is 4.79 Å². The molecule has 2 heterocycles. The molecule has 1 amide bonds. The highest BCUT2D eigenvalue weighted by atomic mass is 16.2. The van der Waals surface area contributed by atoms with Crippen LogP contribution in [0.2, 0.25) is 0 Å². The van der Waals surface area contributed by atoms with Crippen molar-refractivity contribution in [2.45, 2.75) is 57.7 Å². The summed E-state index contributed by atoms with van der Waals surface area (Å²) in [6.07, 6.45) is 7.82. The van der Waals surface area contributed by atoms with E-state index in [0.29, 0.717) is 12.0 Å². The third kappa shape index (κ3) is 2.52. The minimum atomic E-state index is -0.0340. The Morgan fingerprint density at radius 2 is 2.37 bits per heavy atom. The van der Waals surface area contributed by atoms with Gasteiger partial charge in [-0.25, -0.2) is 4.68 Å². The van der Waals surface area contributed by atoms with Gasteiger partial charge in [-0.15, -0.1) is 0 Å². The minimum absolute atomic E-state index is 0.0340. The van der Waals surface area contributed by atoms with Gasteiger partial charge in [0.1, 0.15) is 5.82 Å². The first kappa shape index (κ1) is 12.7. The van der Waals surface area contributed by atoms with Crippen LogP contribution in [0.25, 0.3) is 0 Å². The van der Waals surface area contributed by atoms with Gasteiger partial charge >= 0.3 is 0 Å². The summed E-state index contributed by atoms with van der Waals surface area (Å²) in [5, 5.41) is 10.7. The number of fused-ring (bicyclic) bond motifs is 1. The number of nitrogens with one attached hydrogen (secondary N) is 2. The van der Waals surface area contributed by atoms with Crippen LogP contribution in [0.5, 0.6) is 0 Å². The highest BCUT2D eigenvalue weighted by Crippen LogP contribution is 2.33. The van der Waals surface area contributed by atoms with Gasteiger partial charge in [-0.05, 0) is 32.1 Å². The van der Waals surface area contributed by atoms with Crippen LogP contribution >= 0.6 is 0 Å². The van der Waals surface area contributed by atoms with E-state index in [1.54, 1.807) is 10.9 Å². The maximum Gasteiger partial charge on any atom is 0.242 e. The zero-order valence-electron chi connectivity index (χ0n) is 11.4. The molecule has 1 saturated heterocycles. The summed E-state index contributed by atoms with van der Waals surface area (Å²) in [6, 6.07) is 2.37. The van der Waals surface area contributed by atoms with Crippen molar-refractivity contribution in [3.63, 3.8) is 0 Å². The number of aromatic nitrogens is 2. The summed E-state index contributed by atoms with van der Waals surface area (Å²) in [4.78, 5) is 12.3. The first-order chi connectivity index (χ1) is 9.28. The lowest BCUT2D eigenvalue weighted by molar-refractivity contribution is -0.117. The normalized spacial score (nSPS) is 30.1. The van der Waals surface area contributed by atoms with E-state index in [9.17, 15) is 4.79 Å². The van der Waals surface area contributed by atoms with Crippen LogP contribution in [0.15, 0.2) is 12.3 Å². The zero-order chi connectivity index (χ0) is 13.2. The molecule has 0 spiro atoms. The molecule has 3 atom stereocenters. The Hall–Kier alpha value is -1.36. The summed E-state index contributed by atoms with van der Waals surface area (Å²) in [6.45, 7) is 2.79. The second-order valence-corrected chi connectivity index (χ2v) is 5.63. The van der Waals surface area contributed by atoms with E-state index in [2.05, 4.69) is 15.7 Å². The Morgan fingerprint density at radius 1 is 1.53 bits per heavy atom. The van der Waals surface area contributed by atoms with Crippen molar-refractivity contribution in [2.75, 3.05) is 5.32 Å². The van der Waals surface area contributed by atoms with Gasteiger partial charge in [-0.1, -0.05) is 12.8 Å². The largest absolute Gasteiger partial charge is 0.310 e. The average Bonchev–Trinajstić information content (AvgIpc) is 3.03. The molecule has 104 valence electrons. The predicted molar refractivity (Wildman–Crippen MR) is 73.8 cm³/mol.